The Kier molecular flexibility index (Phi) is 9.39. The molecule has 0 saturated heterocycles. The van der Waals surface area contributed by atoms with E-state index in [4.69, 9.17) is 8.92 Å². The Hall–Kier alpha value is -2.32. The molecule has 1 N–H and O–H groups in total. The van der Waals surface area contributed by atoms with Gasteiger partial charge in [0.2, 0.25) is 0 Å². The first kappa shape index (κ1) is 24.0. The van der Waals surface area contributed by atoms with Gasteiger partial charge in [-0.3, -0.25) is 4.79 Å². The van der Waals surface area contributed by atoms with Crippen molar-refractivity contribution >= 4 is 17.6 Å². The number of benzene rings is 1. The van der Waals surface area contributed by atoms with Gasteiger partial charge in [0.1, 0.15) is 11.6 Å². The highest BCUT2D eigenvalue weighted by molar-refractivity contribution is 7.94. The van der Waals surface area contributed by atoms with Gasteiger partial charge < -0.3 is 13.9 Å². The summed E-state index contributed by atoms with van der Waals surface area (Å²) in [5, 5.41) is 4.66. The molecule has 3 rings (SSSR count). The molecule has 3 aromatic rings. The highest BCUT2D eigenvalue weighted by atomic mass is 32.2. The van der Waals surface area contributed by atoms with Gasteiger partial charge in [0, 0.05) is 23.4 Å². The van der Waals surface area contributed by atoms with Crippen molar-refractivity contribution in [3.8, 4) is 17.1 Å². The Morgan fingerprint density at radius 2 is 1.87 bits per heavy atom. The molecule has 0 fully saturated rings. The van der Waals surface area contributed by atoms with Crippen LogP contribution in [0.15, 0.2) is 27.9 Å². The van der Waals surface area contributed by atoms with Crippen molar-refractivity contribution in [2.45, 2.75) is 65.2 Å². The summed E-state index contributed by atoms with van der Waals surface area (Å²) in [5.41, 5.74) is 1.66. The Morgan fingerprint density at radius 1 is 1.13 bits per heavy atom. The van der Waals surface area contributed by atoms with Crippen LogP contribution in [0.2, 0.25) is 0 Å². The molecule has 164 valence electrons. The van der Waals surface area contributed by atoms with Crippen molar-refractivity contribution in [3.63, 3.8) is 0 Å². The van der Waals surface area contributed by atoms with Crippen molar-refractivity contribution in [2.75, 3.05) is 13.7 Å². The number of imidazole rings is 1. The highest BCUT2D eigenvalue weighted by Gasteiger charge is 2.17. The van der Waals surface area contributed by atoms with Crippen LogP contribution in [0, 0.1) is 6.92 Å². The van der Waals surface area contributed by atoms with E-state index in [1.165, 1.54) is 24.9 Å². The number of nitrogens with zero attached hydrogens (tertiary/aromatic N) is 3. The van der Waals surface area contributed by atoms with Crippen LogP contribution in [0.4, 0.5) is 0 Å². The quantitative estimate of drug-likeness (QED) is 0.493. The second kappa shape index (κ2) is 11.8. The zero-order valence-corrected chi connectivity index (χ0v) is 19.6. The zero-order valence-electron chi connectivity index (χ0n) is 18.7. The van der Waals surface area contributed by atoms with Crippen molar-refractivity contribution in [3.05, 3.63) is 40.1 Å². The maximum absolute atomic E-state index is 12.7. The lowest BCUT2D eigenvalue weighted by molar-refractivity contribution is 0.341. The number of fused-ring (bicyclic) bond motifs is 1. The summed E-state index contributed by atoms with van der Waals surface area (Å²) in [6.45, 7) is 10.7. The summed E-state index contributed by atoms with van der Waals surface area (Å²) in [6, 6.07) is 5.66. The Balaban J connectivity index is 0.000000735. The van der Waals surface area contributed by atoms with Crippen LogP contribution in [0.5, 0.6) is 5.75 Å². The van der Waals surface area contributed by atoms with Crippen molar-refractivity contribution in [1.82, 2.24) is 19.6 Å². The number of hydrogen-bond acceptors (Lipinski definition) is 6. The predicted octanol–water partition coefficient (Wildman–Crippen LogP) is 5.20. The fourth-order valence-electron chi connectivity index (χ4n) is 2.87. The normalized spacial score (nSPS) is 10.7. The summed E-state index contributed by atoms with van der Waals surface area (Å²) in [4.78, 5) is 20.9. The zero-order chi connectivity index (χ0) is 22.1. The van der Waals surface area contributed by atoms with E-state index in [0.717, 1.165) is 23.6 Å². The van der Waals surface area contributed by atoms with Gasteiger partial charge in [0.25, 0.3) is 5.56 Å². The van der Waals surface area contributed by atoms with Gasteiger partial charge in [-0.05, 0) is 38.5 Å². The van der Waals surface area contributed by atoms with Gasteiger partial charge in [0.15, 0.2) is 11.3 Å². The SMILES string of the molecule is CCCC.CCCc1nc(C)c2c(=O)[nH]c(-c3cc(SOC)ccc3OCC)nn12. The molecular weight excluding hydrogens is 400 g/mol. The molecule has 2 aromatic heterocycles. The molecule has 2 heterocycles. The van der Waals surface area contributed by atoms with Crippen molar-refractivity contribution < 1.29 is 8.92 Å². The van der Waals surface area contributed by atoms with Crippen LogP contribution >= 0.6 is 12.0 Å². The van der Waals surface area contributed by atoms with Gasteiger partial charge in [-0.25, -0.2) is 9.50 Å². The molecule has 8 heteroatoms. The third-order valence-electron chi connectivity index (χ3n) is 4.40. The summed E-state index contributed by atoms with van der Waals surface area (Å²) < 4.78 is 12.5. The van der Waals surface area contributed by atoms with E-state index in [0.29, 0.717) is 35.0 Å². The molecule has 0 spiro atoms. The predicted molar refractivity (Wildman–Crippen MR) is 122 cm³/mol. The molecule has 30 heavy (non-hydrogen) atoms. The van der Waals surface area contributed by atoms with E-state index in [-0.39, 0.29) is 5.56 Å². The van der Waals surface area contributed by atoms with Crippen LogP contribution in [0.3, 0.4) is 0 Å². The second-order valence-corrected chi connectivity index (χ2v) is 7.74. The number of H-pyrrole nitrogens is 1. The van der Waals surface area contributed by atoms with Gasteiger partial charge in [0.05, 0.1) is 25.0 Å². The van der Waals surface area contributed by atoms with Gasteiger partial charge in [-0.15, -0.1) is 5.10 Å². The van der Waals surface area contributed by atoms with E-state index >= 15 is 0 Å². The van der Waals surface area contributed by atoms with E-state index in [1.807, 2.05) is 32.0 Å². The lowest BCUT2D eigenvalue weighted by atomic mass is 10.2. The third-order valence-corrected chi connectivity index (χ3v) is 5.01. The van der Waals surface area contributed by atoms with Gasteiger partial charge in [-0.2, -0.15) is 0 Å². The molecule has 0 radical (unpaired) electrons. The van der Waals surface area contributed by atoms with E-state index < -0.39 is 0 Å². The van der Waals surface area contributed by atoms with E-state index in [2.05, 4.69) is 35.8 Å². The van der Waals surface area contributed by atoms with Crippen molar-refractivity contribution in [2.24, 2.45) is 0 Å². The number of unbranched alkanes of at least 4 members (excludes halogenated alkanes) is 1. The van der Waals surface area contributed by atoms with Crippen LogP contribution < -0.4 is 10.3 Å². The minimum absolute atomic E-state index is 0.213. The van der Waals surface area contributed by atoms with Gasteiger partial charge in [-0.1, -0.05) is 33.6 Å². The second-order valence-electron chi connectivity index (χ2n) is 6.77. The average Bonchev–Trinajstić information content (AvgIpc) is 3.05. The molecule has 7 nitrogen and oxygen atoms in total. The number of aromatic amines is 1. The molecule has 0 aliphatic carbocycles. The molecule has 0 aliphatic heterocycles. The fourth-order valence-corrected chi connectivity index (χ4v) is 3.35. The number of hydrogen-bond donors (Lipinski definition) is 1. The lowest BCUT2D eigenvalue weighted by Gasteiger charge is -2.11. The first-order valence-corrected chi connectivity index (χ1v) is 11.2. The number of rotatable bonds is 8. The maximum atomic E-state index is 12.7. The Labute approximate surface area is 182 Å². The number of nitrogens with one attached hydrogen (secondary N) is 1. The van der Waals surface area contributed by atoms with Crippen LogP contribution in [-0.2, 0) is 10.6 Å². The summed E-state index contributed by atoms with van der Waals surface area (Å²) in [6.07, 6.45) is 4.31. The first-order valence-electron chi connectivity index (χ1n) is 10.5. The first-order chi connectivity index (χ1) is 14.5. The molecule has 1 aromatic carbocycles. The minimum Gasteiger partial charge on any atom is -0.493 e. The molecular formula is C22H32N4O3S. The minimum atomic E-state index is -0.213. The van der Waals surface area contributed by atoms with Crippen LogP contribution in [-0.4, -0.2) is 33.3 Å². The fraction of sp³-hybridized carbons (Fsp3) is 0.500. The molecule has 0 bridgehead atoms. The van der Waals surface area contributed by atoms with E-state index in [9.17, 15) is 4.79 Å². The molecule has 0 saturated carbocycles. The Bertz CT molecular complexity index is 1010. The molecule has 0 aliphatic rings. The smallest absolute Gasteiger partial charge is 0.277 e. The maximum Gasteiger partial charge on any atom is 0.277 e. The molecule has 0 unspecified atom stereocenters. The summed E-state index contributed by atoms with van der Waals surface area (Å²) in [7, 11) is 1.61. The Morgan fingerprint density at radius 3 is 2.47 bits per heavy atom. The standard InChI is InChI=1S/C18H22N4O3S.C4H10/c1-5-7-15-19-11(3)16-18(23)20-17(21-22(15)16)13-10-12(26-24-4)8-9-14(13)25-6-2;1-3-4-2/h8-10H,5-7H2,1-4H3,(H,20,21,23);3-4H2,1-2H3. The lowest BCUT2D eigenvalue weighted by Crippen LogP contribution is -2.16. The average molecular weight is 433 g/mol. The third kappa shape index (κ3) is 5.64. The molecule has 0 atom stereocenters. The largest absolute Gasteiger partial charge is 0.493 e. The number of aryl methyl sites for hydroxylation is 2. The molecule has 0 amide bonds. The summed E-state index contributed by atoms with van der Waals surface area (Å²) >= 11 is 1.24. The number of aromatic nitrogens is 4. The topological polar surface area (TPSA) is 81.5 Å². The van der Waals surface area contributed by atoms with E-state index in [1.54, 1.807) is 11.6 Å². The number of ether oxygens (including phenoxy) is 1. The van der Waals surface area contributed by atoms with Crippen molar-refractivity contribution in [1.29, 1.82) is 0 Å². The highest BCUT2D eigenvalue weighted by Crippen LogP contribution is 2.32. The van der Waals surface area contributed by atoms with Crippen LogP contribution in [0.1, 0.15) is 58.5 Å². The monoisotopic (exact) mass is 432 g/mol. The van der Waals surface area contributed by atoms with Crippen LogP contribution in [0.25, 0.3) is 16.9 Å². The van der Waals surface area contributed by atoms with Gasteiger partial charge >= 0.3 is 0 Å². The summed E-state index contributed by atoms with van der Waals surface area (Å²) in [5.74, 6) is 1.89.